The fourth-order valence-electron chi connectivity index (χ4n) is 13.3. The second kappa shape index (κ2) is 39.4. The molecule has 0 amide bonds. The number of carboxylic acids is 1. The van der Waals surface area contributed by atoms with E-state index in [4.69, 9.17) is 10.4 Å². The van der Waals surface area contributed by atoms with Crippen LogP contribution in [0.25, 0.3) is 50.2 Å². The molecule has 0 saturated heterocycles. The zero-order valence-electron chi connectivity index (χ0n) is 64.5. The Morgan fingerprint density at radius 3 is 1.25 bits per heavy atom. The Kier molecular flexibility index (Phi) is 28.0. The molecule has 0 fully saturated rings. The average molecular weight is 1740 g/mol. The van der Waals surface area contributed by atoms with Crippen LogP contribution in [0.3, 0.4) is 0 Å². The highest BCUT2D eigenvalue weighted by atomic mass is 32.2. The Morgan fingerprint density at radius 1 is 0.413 bits per heavy atom. The molecule has 5 aromatic carbocycles. The van der Waals surface area contributed by atoms with E-state index in [1.54, 1.807) is 97.3 Å². The smallest absolute Gasteiger partial charge is 0.341 e. The number of nitriles is 1. The number of nitrogens with zero attached hydrogens (tertiary/aromatic N) is 15. The summed E-state index contributed by atoms with van der Waals surface area (Å²) in [5, 5.41) is 19.0. The topological polar surface area (TPSA) is 355 Å². The molecule has 0 atom stereocenters. The number of fused-ring (bicyclic) bond motifs is 3. The van der Waals surface area contributed by atoms with Gasteiger partial charge in [-0.3, -0.25) is 29.0 Å². The van der Waals surface area contributed by atoms with Crippen molar-refractivity contribution < 1.29 is 62.7 Å². The van der Waals surface area contributed by atoms with Crippen molar-refractivity contribution in [2.24, 2.45) is 0 Å². The van der Waals surface area contributed by atoms with E-state index in [1.807, 2.05) is 24.3 Å². The molecule has 17 rings (SSSR count). The number of aryl methyl sites for hydroxylation is 2. The van der Waals surface area contributed by atoms with Crippen molar-refractivity contribution in [3.05, 3.63) is 414 Å². The Hall–Kier alpha value is -15.8. The minimum Gasteiger partial charge on any atom is -0.477 e. The van der Waals surface area contributed by atoms with E-state index in [0.29, 0.717) is 67.3 Å². The van der Waals surface area contributed by atoms with Gasteiger partial charge in [-0.2, -0.15) is 5.26 Å². The van der Waals surface area contributed by atoms with Crippen LogP contribution in [0.15, 0.2) is 305 Å². The van der Waals surface area contributed by atoms with Crippen molar-refractivity contribution in [2.45, 2.75) is 76.4 Å². The second-order valence-corrected chi connectivity index (χ2v) is 31.1. The minimum atomic E-state index is -3.95. The van der Waals surface area contributed by atoms with Crippen molar-refractivity contribution in [2.75, 3.05) is 0 Å². The highest BCUT2D eigenvalue weighted by Gasteiger charge is 2.27. The van der Waals surface area contributed by atoms with Crippen LogP contribution in [-0.2, 0) is 58.9 Å². The minimum absolute atomic E-state index is 0. The monoisotopic (exact) mass is 1740 g/mol. The number of halogens is 6. The first kappa shape index (κ1) is 89.5. The lowest BCUT2D eigenvalue weighted by Crippen LogP contribution is -2.26. The average Bonchev–Trinajstić information content (AvgIpc) is 1.60. The summed E-state index contributed by atoms with van der Waals surface area (Å²) in [6, 6.07) is 52.6. The van der Waals surface area contributed by atoms with Crippen LogP contribution in [0, 0.1) is 46.2 Å². The number of allylic oxidation sites excluding steroid dienone is 1. The summed E-state index contributed by atoms with van der Waals surface area (Å²) in [6.07, 6.45) is 20.0. The molecule has 11 heterocycles. The number of carbonyl (C=O) groups excluding carboxylic acids is 2. The van der Waals surface area contributed by atoms with Crippen molar-refractivity contribution in [1.82, 2.24) is 66.5 Å². The molecular weight excluding hydrogens is 1670 g/mol. The number of hydrogen-bond acceptors (Lipinski definition) is 20. The van der Waals surface area contributed by atoms with Crippen LogP contribution in [0.5, 0.6) is 0 Å². The largest absolute Gasteiger partial charge is 0.477 e. The number of hydrogen-bond donors (Lipinski definition) is 1. The molecule has 11 aromatic heterocycles. The van der Waals surface area contributed by atoms with Crippen molar-refractivity contribution in [3.63, 3.8) is 0 Å². The standard InChI is InChI=1S/C32H23F2N5O4S.C27H20F2N4O2.C18H11N5O2S.C13H9F2NO3.2CH4/c33-26-11-10-21(18-27(26)34)19-38-17-5-9-24(32(38)41)29(40)12-13-30-35-16-14-28(37-30)25-20-39(31-23(25)8-4-15-36-31)44(42,43)22-6-2-1-3-7-22;28-21-7-5-17(15-22(21)29)16-33-14-2-4-20(27(33)35)25(34)9-10-26-31-13-11-24(32-26)19-6-8-23-18(19)3-1-12-30-23;19-11-17-20-10-8-16(22-17)15-12-23(18-14(15)7-4-9-21-18)26(24,25)13-5-2-1-3-6-13;14-10-4-3-8(6-11(10)15)7-16-5-1-2-9(12(16)17)13(18)19;;/h1-11,14-18,20H,12-13,19H2;1-7,11-15H,8-10,16H2;1-10,12H;1-6H,7H2,(H,18,19);2*1H4. The van der Waals surface area contributed by atoms with Gasteiger partial charge in [0.2, 0.25) is 5.82 Å². The molecule has 0 bridgehead atoms. The molecule has 16 aromatic rings. The maximum absolute atomic E-state index is 13.6. The maximum Gasteiger partial charge on any atom is 0.341 e. The van der Waals surface area contributed by atoms with Crippen molar-refractivity contribution >= 4 is 65.2 Å². The third-order valence-corrected chi connectivity index (χ3v) is 22.7. The number of carbonyl (C=O) groups is 3. The summed E-state index contributed by atoms with van der Waals surface area (Å²) >= 11 is 0. The van der Waals surface area contributed by atoms with E-state index < -0.39 is 83.4 Å². The predicted molar refractivity (Wildman–Crippen MR) is 456 cm³/mol. The van der Waals surface area contributed by atoms with Crippen LogP contribution in [0.1, 0.15) is 110 Å². The van der Waals surface area contributed by atoms with Gasteiger partial charge in [-0.25, -0.2) is 95.8 Å². The molecule has 0 aliphatic heterocycles. The number of benzene rings is 5. The molecule has 34 heteroatoms. The van der Waals surface area contributed by atoms with Gasteiger partial charge in [-0.15, -0.1) is 0 Å². The SMILES string of the molecule is C.C.N#Cc1nccc(-c2cn(S(=O)(=O)c3ccccc3)c3ncccc23)n1.O=C(CCc1nccc(-c2cn(S(=O)(=O)c3ccccc3)c3ncccc23)n1)c1cccn(Cc2ccc(F)c(F)c2)c1=O.O=C(CCc1nccc(C2=CCc3ncccc32)n1)c1cccn(Cc2ccc(F)c(F)c2)c1=O.O=C(O)c1cccn(Cc2ccc(F)c(F)c2)c1=O. The van der Waals surface area contributed by atoms with Gasteiger partial charge in [0.05, 0.1) is 63.3 Å². The molecule has 1 aliphatic carbocycles. The van der Waals surface area contributed by atoms with E-state index in [1.165, 1.54) is 132 Å². The van der Waals surface area contributed by atoms with Crippen molar-refractivity contribution in [3.8, 4) is 28.6 Å². The van der Waals surface area contributed by atoms with Gasteiger partial charge in [0.25, 0.3) is 36.7 Å². The Balaban J connectivity index is 0.000000158. The number of ketones is 2. The van der Waals surface area contributed by atoms with E-state index in [0.717, 1.165) is 77.9 Å². The van der Waals surface area contributed by atoms with Crippen molar-refractivity contribution in [1.29, 1.82) is 5.26 Å². The summed E-state index contributed by atoms with van der Waals surface area (Å²) in [5.74, 6) is -7.20. The van der Waals surface area contributed by atoms with Gasteiger partial charge in [0, 0.05) is 133 Å². The lowest BCUT2D eigenvalue weighted by atomic mass is 10.1. The van der Waals surface area contributed by atoms with Crippen LogP contribution in [0.2, 0.25) is 0 Å². The summed E-state index contributed by atoms with van der Waals surface area (Å²) in [4.78, 5) is 113. The van der Waals surface area contributed by atoms with Crippen LogP contribution >= 0.6 is 0 Å². The lowest BCUT2D eigenvalue weighted by Gasteiger charge is -2.09. The summed E-state index contributed by atoms with van der Waals surface area (Å²) in [7, 11) is -7.77. The molecule has 26 nitrogen and oxygen atoms in total. The van der Waals surface area contributed by atoms with Crippen LogP contribution in [0.4, 0.5) is 26.3 Å². The molecule has 126 heavy (non-hydrogen) atoms. The fourth-order valence-corrected chi connectivity index (χ4v) is 16.0. The Labute approximate surface area is 714 Å². The molecule has 1 aliphatic rings. The van der Waals surface area contributed by atoms with Gasteiger partial charge in [-0.05, 0) is 162 Å². The normalized spacial score (nSPS) is 11.4. The zero-order valence-corrected chi connectivity index (χ0v) is 66.2. The summed E-state index contributed by atoms with van der Waals surface area (Å²) in [6.45, 7) is -0.0460. The molecule has 0 spiro atoms. The number of rotatable bonds is 22. The summed E-state index contributed by atoms with van der Waals surface area (Å²) < 4.78 is 138. The number of carboxylic acid groups (broad SMARTS) is 1. The van der Waals surface area contributed by atoms with Gasteiger partial charge >= 0.3 is 5.97 Å². The quantitative estimate of drug-likeness (QED) is 0.0486. The molecule has 1 N–H and O–H groups in total. The molecular formula is C92H71F6N15O11S2. The number of pyridine rings is 6. The predicted octanol–water partition coefficient (Wildman–Crippen LogP) is 14.9. The first-order chi connectivity index (χ1) is 59.8. The van der Waals surface area contributed by atoms with E-state index in [2.05, 4.69) is 50.9 Å². The van der Waals surface area contributed by atoms with E-state index in [-0.39, 0.29) is 104 Å². The fraction of sp³-hybridized carbons (Fsp3) is 0.109. The van der Waals surface area contributed by atoms with Gasteiger partial charge in [0.15, 0.2) is 57.8 Å². The highest BCUT2D eigenvalue weighted by molar-refractivity contribution is 7.90. The number of aromatic nitrogens is 14. The molecule has 0 radical (unpaired) electrons. The first-order valence-electron chi connectivity index (χ1n) is 37.6. The summed E-state index contributed by atoms with van der Waals surface area (Å²) in [5.41, 5.74) is 5.33. The van der Waals surface area contributed by atoms with Gasteiger partial charge < -0.3 is 18.8 Å². The van der Waals surface area contributed by atoms with E-state index in [9.17, 15) is 71.9 Å². The maximum atomic E-state index is 13.6. The third kappa shape index (κ3) is 20.0. The third-order valence-electron chi connectivity index (χ3n) is 19.4. The lowest BCUT2D eigenvalue weighted by molar-refractivity contribution is 0.0693. The Morgan fingerprint density at radius 2 is 0.810 bits per heavy atom. The van der Waals surface area contributed by atoms with Gasteiger partial charge in [-0.1, -0.05) is 81.6 Å². The van der Waals surface area contributed by atoms with Crippen LogP contribution in [-0.4, -0.2) is 106 Å². The number of aromatic carboxylic acids is 1. The second-order valence-electron chi connectivity index (χ2n) is 27.4. The first-order valence-corrected chi connectivity index (χ1v) is 40.5. The molecule has 634 valence electrons. The highest BCUT2D eigenvalue weighted by Crippen LogP contribution is 2.35. The Bertz CT molecular complexity index is 7350. The van der Waals surface area contributed by atoms with E-state index >= 15 is 0 Å². The van der Waals surface area contributed by atoms with Crippen LogP contribution < -0.4 is 16.7 Å². The molecule has 0 saturated carbocycles. The van der Waals surface area contributed by atoms with Gasteiger partial charge in [0.1, 0.15) is 23.3 Å². The molecule has 0 unspecified atom stereocenters. The zero-order chi connectivity index (χ0) is 87.3. The number of Topliss-reactive ketones (excluding diaryl/α,β-unsaturated/α-hetero) is 2.